The Bertz CT molecular complexity index is 1110. The molecule has 0 aliphatic carbocycles. The summed E-state index contributed by atoms with van der Waals surface area (Å²) in [6, 6.07) is 14.2. The van der Waals surface area contributed by atoms with Gasteiger partial charge in [-0.3, -0.25) is 9.59 Å². The summed E-state index contributed by atoms with van der Waals surface area (Å²) in [5.74, 6) is -0.176. The standard InChI is InChI=1S/C24H28N2O3S/c1-5-17-7-9-18(10-8-17)13-22(27)25-24-26(15-23(28)29-6-2)20-12-11-19(16(3)4)14-21(20)30-24/h7-12,14,16H,5-6,13,15H2,1-4H3. The maximum atomic E-state index is 12.7. The highest BCUT2D eigenvalue weighted by atomic mass is 32.1. The number of fused-ring (bicyclic) bond motifs is 1. The van der Waals surface area contributed by atoms with Crippen LogP contribution in [-0.4, -0.2) is 23.1 Å². The van der Waals surface area contributed by atoms with Gasteiger partial charge in [-0.25, -0.2) is 0 Å². The van der Waals surface area contributed by atoms with E-state index < -0.39 is 0 Å². The highest BCUT2D eigenvalue weighted by molar-refractivity contribution is 7.16. The molecule has 0 spiro atoms. The van der Waals surface area contributed by atoms with Gasteiger partial charge in [0.1, 0.15) is 6.54 Å². The van der Waals surface area contributed by atoms with Crippen molar-refractivity contribution in [1.82, 2.24) is 4.57 Å². The van der Waals surface area contributed by atoms with E-state index in [-0.39, 0.29) is 24.8 Å². The molecule has 0 bridgehead atoms. The van der Waals surface area contributed by atoms with E-state index in [1.165, 1.54) is 22.5 Å². The number of aromatic nitrogens is 1. The number of benzene rings is 2. The molecule has 0 N–H and O–H groups in total. The minimum atomic E-state index is -0.339. The molecule has 5 nitrogen and oxygen atoms in total. The molecule has 0 saturated carbocycles. The Labute approximate surface area is 181 Å². The summed E-state index contributed by atoms with van der Waals surface area (Å²) >= 11 is 1.43. The van der Waals surface area contributed by atoms with E-state index in [0.29, 0.717) is 17.3 Å². The summed E-state index contributed by atoms with van der Waals surface area (Å²) in [6.45, 7) is 8.51. The lowest BCUT2D eigenvalue weighted by Gasteiger charge is -2.07. The highest BCUT2D eigenvalue weighted by Gasteiger charge is 2.13. The number of hydrogen-bond acceptors (Lipinski definition) is 4. The number of hydrogen-bond donors (Lipinski definition) is 0. The quantitative estimate of drug-likeness (QED) is 0.520. The van der Waals surface area contributed by atoms with Crippen LogP contribution < -0.4 is 4.80 Å². The third kappa shape index (κ3) is 5.25. The Balaban J connectivity index is 1.98. The van der Waals surface area contributed by atoms with E-state index in [9.17, 15) is 9.59 Å². The van der Waals surface area contributed by atoms with Gasteiger partial charge < -0.3 is 9.30 Å². The summed E-state index contributed by atoms with van der Waals surface area (Å²) in [5, 5.41) is 0. The third-order valence-electron chi connectivity index (χ3n) is 4.97. The SMILES string of the molecule is CCOC(=O)Cn1c(=NC(=O)Cc2ccc(CC)cc2)sc2cc(C(C)C)ccc21. The van der Waals surface area contributed by atoms with Crippen LogP contribution in [0.1, 0.15) is 50.3 Å². The molecule has 0 aliphatic rings. The maximum Gasteiger partial charge on any atom is 0.326 e. The predicted molar refractivity (Wildman–Crippen MR) is 121 cm³/mol. The molecule has 3 aromatic rings. The average Bonchev–Trinajstić information content (AvgIpc) is 3.04. The minimum Gasteiger partial charge on any atom is -0.465 e. The zero-order chi connectivity index (χ0) is 21.7. The molecule has 6 heteroatoms. The second-order valence-corrected chi connectivity index (χ2v) is 8.52. The number of amides is 1. The van der Waals surface area contributed by atoms with E-state index >= 15 is 0 Å². The first-order chi connectivity index (χ1) is 14.4. The fraction of sp³-hybridized carbons (Fsp3) is 0.375. The van der Waals surface area contributed by atoms with Crippen molar-refractivity contribution >= 4 is 33.4 Å². The predicted octanol–water partition coefficient (Wildman–Crippen LogP) is 4.62. The van der Waals surface area contributed by atoms with Crippen molar-refractivity contribution in [2.45, 2.75) is 53.0 Å². The molecule has 2 aromatic carbocycles. The van der Waals surface area contributed by atoms with Crippen LogP contribution in [0, 0.1) is 0 Å². The Morgan fingerprint density at radius 1 is 1.07 bits per heavy atom. The van der Waals surface area contributed by atoms with Crippen LogP contribution in [-0.2, 0) is 33.7 Å². The molecule has 1 heterocycles. The van der Waals surface area contributed by atoms with Crippen LogP contribution >= 0.6 is 11.3 Å². The number of carbonyl (C=O) groups is 2. The van der Waals surface area contributed by atoms with Crippen LogP contribution in [0.25, 0.3) is 10.2 Å². The maximum absolute atomic E-state index is 12.7. The Morgan fingerprint density at radius 3 is 2.40 bits per heavy atom. The van der Waals surface area contributed by atoms with Crippen molar-refractivity contribution in [3.63, 3.8) is 0 Å². The molecule has 0 atom stereocenters. The number of nitrogens with zero attached hydrogens (tertiary/aromatic N) is 2. The van der Waals surface area contributed by atoms with Gasteiger partial charge in [-0.1, -0.05) is 62.4 Å². The van der Waals surface area contributed by atoms with Crippen molar-refractivity contribution < 1.29 is 14.3 Å². The van der Waals surface area contributed by atoms with Crippen LogP contribution in [0.2, 0.25) is 0 Å². The minimum absolute atomic E-state index is 0.0339. The van der Waals surface area contributed by atoms with E-state index in [2.05, 4.69) is 37.9 Å². The van der Waals surface area contributed by atoms with E-state index in [1.807, 2.05) is 30.3 Å². The number of rotatable bonds is 7. The summed E-state index contributed by atoms with van der Waals surface area (Å²) < 4.78 is 7.90. The molecule has 0 aliphatic heterocycles. The van der Waals surface area contributed by atoms with Gasteiger partial charge in [-0.2, -0.15) is 4.99 Å². The van der Waals surface area contributed by atoms with E-state index in [4.69, 9.17) is 4.74 Å². The van der Waals surface area contributed by atoms with Crippen molar-refractivity contribution in [1.29, 1.82) is 0 Å². The second kappa shape index (κ2) is 9.85. The number of ether oxygens (including phenoxy) is 1. The van der Waals surface area contributed by atoms with Gasteiger partial charge in [0.2, 0.25) is 0 Å². The Morgan fingerprint density at radius 2 is 1.77 bits per heavy atom. The lowest BCUT2D eigenvalue weighted by Crippen LogP contribution is -2.23. The fourth-order valence-electron chi connectivity index (χ4n) is 3.24. The van der Waals surface area contributed by atoms with Gasteiger partial charge in [0.05, 0.1) is 23.2 Å². The summed E-state index contributed by atoms with van der Waals surface area (Å²) in [7, 11) is 0. The van der Waals surface area contributed by atoms with Crippen molar-refractivity contribution in [2.24, 2.45) is 4.99 Å². The zero-order valence-corrected chi connectivity index (χ0v) is 18.8. The largest absolute Gasteiger partial charge is 0.465 e. The van der Waals surface area contributed by atoms with Crippen LogP contribution in [0.15, 0.2) is 47.5 Å². The van der Waals surface area contributed by atoms with Gasteiger partial charge in [0.25, 0.3) is 5.91 Å². The smallest absolute Gasteiger partial charge is 0.326 e. The summed E-state index contributed by atoms with van der Waals surface area (Å²) in [4.78, 5) is 29.7. The number of aryl methyl sites for hydroxylation is 1. The highest BCUT2D eigenvalue weighted by Crippen LogP contribution is 2.23. The fourth-order valence-corrected chi connectivity index (χ4v) is 4.33. The molecule has 3 rings (SSSR count). The first-order valence-electron chi connectivity index (χ1n) is 10.4. The van der Waals surface area contributed by atoms with Crippen LogP contribution in [0.5, 0.6) is 0 Å². The summed E-state index contributed by atoms with van der Waals surface area (Å²) in [6.07, 6.45) is 1.20. The zero-order valence-electron chi connectivity index (χ0n) is 18.0. The molecule has 1 amide bonds. The number of esters is 1. The monoisotopic (exact) mass is 424 g/mol. The van der Waals surface area contributed by atoms with Crippen LogP contribution in [0.3, 0.4) is 0 Å². The molecule has 30 heavy (non-hydrogen) atoms. The molecule has 0 saturated heterocycles. The Kier molecular flexibility index (Phi) is 7.21. The van der Waals surface area contributed by atoms with Crippen molar-refractivity contribution in [3.05, 3.63) is 64.0 Å². The van der Waals surface area contributed by atoms with Crippen LogP contribution in [0.4, 0.5) is 0 Å². The van der Waals surface area contributed by atoms with Gasteiger partial charge in [-0.15, -0.1) is 0 Å². The Hall–Kier alpha value is -2.73. The number of carbonyl (C=O) groups excluding carboxylic acids is 2. The molecule has 0 unspecified atom stereocenters. The first-order valence-corrected chi connectivity index (χ1v) is 11.2. The number of thiazole rings is 1. The summed E-state index contributed by atoms with van der Waals surface area (Å²) in [5.41, 5.74) is 4.26. The molecule has 158 valence electrons. The average molecular weight is 425 g/mol. The molecule has 0 fully saturated rings. The topological polar surface area (TPSA) is 60.7 Å². The lowest BCUT2D eigenvalue weighted by atomic mass is 10.0. The molecule has 1 aromatic heterocycles. The van der Waals surface area contributed by atoms with Gasteiger partial charge in [0, 0.05) is 0 Å². The lowest BCUT2D eigenvalue weighted by molar-refractivity contribution is -0.143. The van der Waals surface area contributed by atoms with Crippen molar-refractivity contribution in [3.8, 4) is 0 Å². The third-order valence-corrected chi connectivity index (χ3v) is 6.01. The second-order valence-electron chi connectivity index (χ2n) is 7.51. The van der Waals surface area contributed by atoms with Gasteiger partial charge in [-0.05, 0) is 48.1 Å². The normalized spacial score (nSPS) is 12.0. The van der Waals surface area contributed by atoms with Gasteiger partial charge >= 0.3 is 5.97 Å². The van der Waals surface area contributed by atoms with Gasteiger partial charge in [0.15, 0.2) is 4.80 Å². The van der Waals surface area contributed by atoms with E-state index in [0.717, 1.165) is 22.2 Å². The molecular weight excluding hydrogens is 396 g/mol. The van der Waals surface area contributed by atoms with E-state index in [1.54, 1.807) is 11.5 Å². The first kappa shape index (κ1) is 22.0. The van der Waals surface area contributed by atoms with Crippen molar-refractivity contribution in [2.75, 3.05) is 6.61 Å². The molecular formula is C24H28N2O3S. The molecule has 0 radical (unpaired) electrons.